The van der Waals surface area contributed by atoms with Gasteiger partial charge >= 0.3 is 0 Å². The van der Waals surface area contributed by atoms with Crippen LogP contribution in [0.3, 0.4) is 0 Å². The summed E-state index contributed by atoms with van der Waals surface area (Å²) in [5.41, 5.74) is 2.33. The average molecular weight is 463 g/mol. The molecule has 0 amide bonds. The zero-order valence-corrected chi connectivity index (χ0v) is 20.3. The van der Waals surface area contributed by atoms with Gasteiger partial charge in [0.25, 0.3) is 0 Å². The van der Waals surface area contributed by atoms with Crippen LogP contribution in [0.15, 0.2) is 48.5 Å². The van der Waals surface area contributed by atoms with Gasteiger partial charge in [-0.25, -0.2) is 0 Å². The second-order valence-corrected chi connectivity index (χ2v) is 8.09. The Morgan fingerprint density at radius 1 is 0.471 bits per heavy atom. The second kappa shape index (κ2) is 18.5. The molecule has 0 aliphatic carbocycles. The molecule has 0 aliphatic rings. The third kappa shape index (κ3) is 12.4. The lowest BCUT2D eigenvalue weighted by Crippen LogP contribution is -1.99. The van der Waals surface area contributed by atoms with E-state index in [1.54, 1.807) is 0 Å². The van der Waals surface area contributed by atoms with Crippen LogP contribution in [-0.4, -0.2) is 39.6 Å². The normalized spacial score (nSPS) is 10.4. The molecule has 2 aromatic rings. The highest BCUT2D eigenvalue weighted by Crippen LogP contribution is 2.25. The van der Waals surface area contributed by atoms with E-state index in [1.807, 2.05) is 24.3 Å². The van der Waals surface area contributed by atoms with Gasteiger partial charge in [-0.2, -0.15) is 0 Å². The largest absolute Gasteiger partial charge is 0.494 e. The zero-order valence-electron chi connectivity index (χ0n) is 20.3. The van der Waals surface area contributed by atoms with Crippen molar-refractivity contribution in [2.45, 2.75) is 51.4 Å². The molecule has 0 radical (unpaired) electrons. The van der Waals surface area contributed by atoms with E-state index in [0.717, 1.165) is 100 Å². The van der Waals surface area contributed by atoms with Crippen LogP contribution in [0.25, 0.3) is 11.1 Å². The van der Waals surface area contributed by atoms with E-state index in [4.69, 9.17) is 31.8 Å². The molecule has 0 atom stereocenters. The summed E-state index contributed by atoms with van der Waals surface area (Å²) < 4.78 is 22.3. The summed E-state index contributed by atoms with van der Waals surface area (Å²) >= 11 is 0. The summed E-state index contributed by atoms with van der Waals surface area (Å²) in [4.78, 5) is 0. The summed E-state index contributed by atoms with van der Waals surface area (Å²) in [6.45, 7) is 3.76. The highest BCUT2D eigenvalue weighted by molar-refractivity contribution is 5.64. The van der Waals surface area contributed by atoms with Crippen molar-refractivity contribution in [1.29, 1.82) is 0 Å². The quantitative estimate of drug-likeness (QED) is 0.176. The molecule has 0 aliphatic heterocycles. The maximum absolute atomic E-state index is 5.87. The van der Waals surface area contributed by atoms with Crippen LogP contribution in [0, 0.1) is 24.7 Å². The molecule has 0 aromatic heterocycles. The van der Waals surface area contributed by atoms with Crippen molar-refractivity contribution >= 4 is 0 Å². The molecule has 0 unspecified atom stereocenters. The Morgan fingerprint density at radius 3 is 1.18 bits per heavy atom. The average Bonchev–Trinajstić information content (AvgIpc) is 2.87. The van der Waals surface area contributed by atoms with Gasteiger partial charge in [0.05, 0.1) is 13.2 Å². The number of benzene rings is 2. The van der Waals surface area contributed by atoms with E-state index < -0.39 is 0 Å². The number of ether oxygens (including phenoxy) is 4. The van der Waals surface area contributed by atoms with Gasteiger partial charge in [-0.15, -0.1) is 12.8 Å². The first-order valence-corrected chi connectivity index (χ1v) is 12.3. The van der Waals surface area contributed by atoms with E-state index in [1.165, 1.54) is 0 Å². The Kier molecular flexibility index (Phi) is 14.9. The van der Waals surface area contributed by atoms with Crippen molar-refractivity contribution < 1.29 is 18.9 Å². The molecule has 4 heteroatoms. The van der Waals surface area contributed by atoms with Crippen LogP contribution in [-0.2, 0) is 9.47 Å². The molecule has 0 N–H and O–H groups in total. The number of hydrogen-bond donors (Lipinski definition) is 0. The first-order chi connectivity index (χ1) is 16.8. The van der Waals surface area contributed by atoms with Crippen LogP contribution in [0.1, 0.15) is 51.4 Å². The molecular formula is C30H38O4. The number of rotatable bonds is 19. The van der Waals surface area contributed by atoms with Crippen LogP contribution in [0.5, 0.6) is 11.5 Å². The predicted molar refractivity (Wildman–Crippen MR) is 139 cm³/mol. The third-order valence-electron chi connectivity index (χ3n) is 5.32. The highest BCUT2D eigenvalue weighted by atomic mass is 16.5. The summed E-state index contributed by atoms with van der Waals surface area (Å²) in [6, 6.07) is 16.5. The van der Waals surface area contributed by atoms with Gasteiger partial charge in [0.2, 0.25) is 0 Å². The van der Waals surface area contributed by atoms with Crippen molar-refractivity contribution in [3.8, 4) is 47.3 Å². The Bertz CT molecular complexity index is 770. The second-order valence-electron chi connectivity index (χ2n) is 8.09. The first kappa shape index (κ1) is 27.3. The summed E-state index contributed by atoms with van der Waals surface area (Å²) in [7, 11) is 0. The minimum Gasteiger partial charge on any atom is -0.494 e. The number of unbranched alkanes of at least 4 members (excludes halogenated alkanes) is 6. The Hall–Kier alpha value is -2.92. The fourth-order valence-electron chi connectivity index (χ4n) is 3.45. The van der Waals surface area contributed by atoms with Crippen molar-refractivity contribution in [2.75, 3.05) is 39.6 Å². The van der Waals surface area contributed by atoms with Gasteiger partial charge in [-0.3, -0.25) is 0 Å². The standard InChI is InChI=1S/C30H38O4/c1-3-21-31-23-9-5-7-11-25-33-29-17-13-27(14-18-29)28-15-19-30(20-16-28)34-26-12-8-6-10-24-32-22-4-2/h1-2,13-20H,5-12,21-26H2. The number of terminal acetylenes is 2. The molecule has 0 bridgehead atoms. The van der Waals surface area contributed by atoms with Gasteiger partial charge in [0, 0.05) is 13.2 Å². The van der Waals surface area contributed by atoms with Crippen molar-refractivity contribution in [3.05, 3.63) is 48.5 Å². The van der Waals surface area contributed by atoms with Gasteiger partial charge in [0.15, 0.2) is 0 Å². The SMILES string of the molecule is C#CCOCCCCCCOc1ccc(-c2ccc(OCCCCCCOCC#C)cc2)cc1. The maximum atomic E-state index is 5.87. The lowest BCUT2D eigenvalue weighted by atomic mass is 10.1. The third-order valence-corrected chi connectivity index (χ3v) is 5.32. The van der Waals surface area contributed by atoms with Crippen LogP contribution in [0.2, 0.25) is 0 Å². The number of hydrogen-bond acceptors (Lipinski definition) is 4. The molecule has 2 rings (SSSR count). The van der Waals surface area contributed by atoms with E-state index in [-0.39, 0.29) is 0 Å². The lowest BCUT2D eigenvalue weighted by molar-refractivity contribution is 0.161. The van der Waals surface area contributed by atoms with Gasteiger partial charge in [-0.05, 0) is 73.9 Å². The van der Waals surface area contributed by atoms with Gasteiger partial charge in [-0.1, -0.05) is 48.9 Å². The summed E-state index contributed by atoms with van der Waals surface area (Å²) in [6.07, 6.45) is 19.0. The first-order valence-electron chi connectivity index (χ1n) is 12.3. The molecule has 0 saturated carbocycles. The van der Waals surface area contributed by atoms with E-state index in [9.17, 15) is 0 Å². The summed E-state index contributed by atoms with van der Waals surface area (Å²) in [5.74, 6) is 6.77. The van der Waals surface area contributed by atoms with Crippen molar-refractivity contribution in [3.63, 3.8) is 0 Å². The fourth-order valence-corrected chi connectivity index (χ4v) is 3.45. The van der Waals surface area contributed by atoms with E-state index in [0.29, 0.717) is 13.2 Å². The monoisotopic (exact) mass is 462 g/mol. The molecule has 0 fully saturated rings. The van der Waals surface area contributed by atoms with Gasteiger partial charge in [0.1, 0.15) is 24.7 Å². The topological polar surface area (TPSA) is 36.9 Å². The molecule has 182 valence electrons. The highest BCUT2D eigenvalue weighted by Gasteiger charge is 2.01. The Labute approximate surface area is 206 Å². The van der Waals surface area contributed by atoms with Crippen LogP contribution < -0.4 is 9.47 Å². The minimum absolute atomic E-state index is 0.406. The molecular weight excluding hydrogens is 424 g/mol. The predicted octanol–water partition coefficient (Wildman–Crippen LogP) is 6.53. The van der Waals surface area contributed by atoms with Crippen molar-refractivity contribution in [1.82, 2.24) is 0 Å². The molecule has 0 spiro atoms. The fraction of sp³-hybridized carbons (Fsp3) is 0.467. The Balaban J connectivity index is 1.58. The molecule has 0 heterocycles. The lowest BCUT2D eigenvalue weighted by Gasteiger charge is -2.09. The van der Waals surface area contributed by atoms with E-state index >= 15 is 0 Å². The van der Waals surface area contributed by atoms with Crippen molar-refractivity contribution in [2.24, 2.45) is 0 Å². The molecule has 0 saturated heterocycles. The summed E-state index contributed by atoms with van der Waals surface area (Å²) in [5, 5.41) is 0. The van der Waals surface area contributed by atoms with Crippen LogP contribution >= 0.6 is 0 Å². The molecule has 2 aromatic carbocycles. The van der Waals surface area contributed by atoms with Crippen LogP contribution in [0.4, 0.5) is 0 Å². The molecule has 4 nitrogen and oxygen atoms in total. The molecule has 34 heavy (non-hydrogen) atoms. The zero-order chi connectivity index (χ0) is 24.1. The van der Waals surface area contributed by atoms with Gasteiger partial charge < -0.3 is 18.9 Å². The Morgan fingerprint density at radius 2 is 0.824 bits per heavy atom. The van der Waals surface area contributed by atoms with E-state index in [2.05, 4.69) is 36.1 Å². The minimum atomic E-state index is 0.406. The smallest absolute Gasteiger partial charge is 0.119 e. The maximum Gasteiger partial charge on any atom is 0.119 e.